The summed E-state index contributed by atoms with van der Waals surface area (Å²) in [6.07, 6.45) is 3.26. The Morgan fingerprint density at radius 3 is 3.00 bits per heavy atom. The quantitative estimate of drug-likeness (QED) is 0.885. The second kappa shape index (κ2) is 4.45. The molecule has 0 aromatic carbocycles. The lowest BCUT2D eigenvalue weighted by Crippen LogP contribution is -2.26. The molecule has 0 unspecified atom stereocenters. The molecule has 1 saturated carbocycles. The van der Waals surface area contributed by atoms with Crippen LogP contribution in [0.25, 0.3) is 5.69 Å². The summed E-state index contributed by atoms with van der Waals surface area (Å²) in [5.41, 5.74) is 1.55. The number of hydrogen-bond acceptors (Lipinski definition) is 5. The van der Waals surface area contributed by atoms with Gasteiger partial charge in [-0.25, -0.2) is 17.8 Å². The fourth-order valence-corrected chi connectivity index (χ4v) is 3.53. The number of nitrogens with one attached hydrogen (secondary N) is 1. The van der Waals surface area contributed by atoms with E-state index >= 15 is 0 Å². The third-order valence-electron chi connectivity index (χ3n) is 2.73. The number of rotatable bonds is 5. The Kier molecular flexibility index (Phi) is 2.92. The molecule has 0 bridgehead atoms. The van der Waals surface area contributed by atoms with Crippen molar-refractivity contribution in [1.82, 2.24) is 19.7 Å². The van der Waals surface area contributed by atoms with Gasteiger partial charge in [0.15, 0.2) is 0 Å². The molecule has 3 rings (SSSR count). The van der Waals surface area contributed by atoms with E-state index in [9.17, 15) is 8.42 Å². The van der Waals surface area contributed by atoms with Crippen molar-refractivity contribution in [3.63, 3.8) is 0 Å². The van der Waals surface area contributed by atoms with Crippen LogP contribution in [0.1, 0.15) is 18.5 Å². The molecule has 0 radical (unpaired) electrons. The Hall–Kier alpha value is -1.25. The zero-order valence-electron chi connectivity index (χ0n) is 9.48. The molecule has 8 heteroatoms. The first kappa shape index (κ1) is 11.8. The van der Waals surface area contributed by atoms with Crippen LogP contribution < -0.4 is 4.72 Å². The van der Waals surface area contributed by atoms with E-state index in [-0.39, 0.29) is 11.8 Å². The van der Waals surface area contributed by atoms with Crippen LogP contribution in [0.2, 0.25) is 0 Å². The minimum Gasteiger partial charge on any atom is -0.220 e. The van der Waals surface area contributed by atoms with E-state index in [1.54, 1.807) is 22.2 Å². The molecule has 18 heavy (non-hydrogen) atoms. The number of nitrogens with zero attached hydrogens (tertiary/aromatic N) is 3. The predicted octanol–water partition coefficient (Wildman–Crippen LogP) is 0.911. The molecular weight excluding hydrogens is 272 g/mol. The molecule has 0 aliphatic heterocycles. The van der Waals surface area contributed by atoms with E-state index < -0.39 is 10.0 Å². The van der Waals surface area contributed by atoms with Gasteiger partial charge in [0.25, 0.3) is 0 Å². The van der Waals surface area contributed by atoms with E-state index in [1.165, 1.54) is 0 Å². The summed E-state index contributed by atoms with van der Waals surface area (Å²) in [6.45, 7) is 0.197. The van der Waals surface area contributed by atoms with Gasteiger partial charge in [-0.2, -0.15) is 11.3 Å². The molecule has 1 aliphatic carbocycles. The topological polar surface area (TPSA) is 76.9 Å². The van der Waals surface area contributed by atoms with Crippen molar-refractivity contribution in [3.05, 3.63) is 28.7 Å². The maximum Gasteiger partial charge on any atom is 0.214 e. The number of sulfonamides is 1. The van der Waals surface area contributed by atoms with Crippen molar-refractivity contribution in [2.45, 2.75) is 24.6 Å². The van der Waals surface area contributed by atoms with Crippen LogP contribution in [0.4, 0.5) is 0 Å². The lowest BCUT2D eigenvalue weighted by molar-refractivity contribution is 0.579. The first-order chi connectivity index (χ1) is 8.65. The SMILES string of the molecule is O=S(=O)(NCc1cn(-c2ccsc2)nn1)C1CC1. The van der Waals surface area contributed by atoms with E-state index in [4.69, 9.17) is 0 Å². The summed E-state index contributed by atoms with van der Waals surface area (Å²) < 4.78 is 27.5. The highest BCUT2D eigenvalue weighted by Crippen LogP contribution is 2.27. The number of aromatic nitrogens is 3. The van der Waals surface area contributed by atoms with Gasteiger partial charge >= 0.3 is 0 Å². The highest BCUT2D eigenvalue weighted by molar-refractivity contribution is 7.90. The molecule has 6 nitrogen and oxygen atoms in total. The van der Waals surface area contributed by atoms with Gasteiger partial charge in [-0.15, -0.1) is 5.10 Å². The van der Waals surface area contributed by atoms with Gasteiger partial charge < -0.3 is 0 Å². The molecule has 1 N–H and O–H groups in total. The normalized spacial score (nSPS) is 16.0. The first-order valence-corrected chi connectivity index (χ1v) is 8.06. The molecule has 96 valence electrons. The van der Waals surface area contributed by atoms with Gasteiger partial charge in [0, 0.05) is 5.38 Å². The Balaban J connectivity index is 1.67. The van der Waals surface area contributed by atoms with Crippen LogP contribution in [0.5, 0.6) is 0 Å². The maximum absolute atomic E-state index is 11.6. The second-order valence-electron chi connectivity index (χ2n) is 4.20. The minimum absolute atomic E-state index is 0.197. The smallest absolute Gasteiger partial charge is 0.214 e. The van der Waals surface area contributed by atoms with E-state index in [0.717, 1.165) is 18.5 Å². The fraction of sp³-hybridized carbons (Fsp3) is 0.400. The highest BCUT2D eigenvalue weighted by Gasteiger charge is 2.35. The molecule has 0 atom stereocenters. The minimum atomic E-state index is -3.15. The van der Waals surface area contributed by atoms with Crippen molar-refractivity contribution < 1.29 is 8.42 Å². The zero-order valence-corrected chi connectivity index (χ0v) is 11.1. The van der Waals surface area contributed by atoms with E-state index in [2.05, 4.69) is 15.0 Å². The van der Waals surface area contributed by atoms with Crippen molar-refractivity contribution in [2.75, 3.05) is 0 Å². The van der Waals surface area contributed by atoms with Gasteiger partial charge in [-0.05, 0) is 24.3 Å². The van der Waals surface area contributed by atoms with Gasteiger partial charge in [-0.3, -0.25) is 0 Å². The van der Waals surface area contributed by atoms with Gasteiger partial charge in [-0.1, -0.05) is 5.21 Å². The molecule has 2 aromatic rings. The highest BCUT2D eigenvalue weighted by atomic mass is 32.2. The van der Waals surface area contributed by atoms with Crippen LogP contribution >= 0.6 is 11.3 Å². The molecule has 0 spiro atoms. The van der Waals surface area contributed by atoms with Gasteiger partial charge in [0.1, 0.15) is 0 Å². The molecule has 2 aromatic heterocycles. The lowest BCUT2D eigenvalue weighted by atomic mass is 10.5. The second-order valence-corrected chi connectivity index (χ2v) is 7.03. The monoisotopic (exact) mass is 284 g/mol. The Morgan fingerprint density at radius 1 is 1.50 bits per heavy atom. The third kappa shape index (κ3) is 2.45. The summed E-state index contributed by atoms with van der Waals surface area (Å²) in [5, 5.41) is 11.6. The maximum atomic E-state index is 11.6. The molecular formula is C10H12N4O2S2. The van der Waals surface area contributed by atoms with Crippen LogP contribution in [-0.4, -0.2) is 28.7 Å². The van der Waals surface area contributed by atoms with Crippen LogP contribution in [0.3, 0.4) is 0 Å². The Bertz CT molecular complexity index is 629. The zero-order chi connectivity index (χ0) is 12.6. The molecule has 1 aliphatic rings. The van der Waals surface area contributed by atoms with Crippen molar-refractivity contribution in [2.24, 2.45) is 0 Å². The average molecular weight is 284 g/mol. The molecule has 0 amide bonds. The third-order valence-corrected chi connectivity index (χ3v) is 5.30. The Morgan fingerprint density at radius 2 is 2.33 bits per heavy atom. The standard InChI is InChI=1S/C10H12N4O2S2/c15-18(16,10-1-2-10)11-5-8-6-14(13-12-8)9-3-4-17-7-9/h3-4,6-7,10-11H,1-2,5H2. The summed E-state index contributed by atoms with van der Waals surface area (Å²) >= 11 is 1.57. The van der Waals surface area contributed by atoms with Gasteiger partial charge in [0.2, 0.25) is 10.0 Å². The average Bonchev–Trinajstić information content (AvgIpc) is 2.91. The number of thiophene rings is 1. The van der Waals surface area contributed by atoms with Crippen LogP contribution in [-0.2, 0) is 16.6 Å². The van der Waals surface area contributed by atoms with E-state index in [0.29, 0.717) is 5.69 Å². The van der Waals surface area contributed by atoms with Crippen molar-refractivity contribution in [3.8, 4) is 5.69 Å². The molecule has 0 saturated heterocycles. The first-order valence-electron chi connectivity index (χ1n) is 5.57. The van der Waals surface area contributed by atoms with E-state index in [1.807, 2.05) is 16.8 Å². The fourth-order valence-electron chi connectivity index (χ4n) is 1.56. The largest absolute Gasteiger partial charge is 0.220 e. The summed E-state index contributed by atoms with van der Waals surface area (Å²) in [7, 11) is -3.15. The van der Waals surface area contributed by atoms with Gasteiger partial charge in [0.05, 0.1) is 29.4 Å². The molecule has 2 heterocycles. The summed E-state index contributed by atoms with van der Waals surface area (Å²) in [5.74, 6) is 0. The number of hydrogen-bond donors (Lipinski definition) is 1. The predicted molar refractivity (Wildman–Crippen MR) is 68.0 cm³/mol. The lowest BCUT2D eigenvalue weighted by Gasteiger charge is -2.01. The van der Waals surface area contributed by atoms with Crippen molar-refractivity contribution >= 4 is 21.4 Å². The summed E-state index contributed by atoms with van der Waals surface area (Å²) in [4.78, 5) is 0. The Labute approximate surface area is 109 Å². The van der Waals surface area contributed by atoms with Crippen LogP contribution in [0.15, 0.2) is 23.0 Å². The summed E-state index contributed by atoms with van der Waals surface area (Å²) in [6, 6.07) is 1.93. The van der Waals surface area contributed by atoms with Crippen molar-refractivity contribution in [1.29, 1.82) is 0 Å². The van der Waals surface area contributed by atoms with Crippen LogP contribution in [0, 0.1) is 0 Å². The molecule has 1 fully saturated rings.